The fourth-order valence-electron chi connectivity index (χ4n) is 3.38. The molecule has 2 rings (SSSR count). The Morgan fingerprint density at radius 3 is 2.86 bits per heavy atom. The molecule has 4 atom stereocenters. The molecule has 5 nitrogen and oxygen atoms in total. The minimum atomic E-state index is -0.408. The zero-order chi connectivity index (χ0) is 15.2. The van der Waals surface area contributed by atoms with Crippen LogP contribution in [0.25, 0.3) is 0 Å². The summed E-state index contributed by atoms with van der Waals surface area (Å²) in [6.45, 7) is 6.69. The maximum absolute atomic E-state index is 12.6. The van der Waals surface area contributed by atoms with Crippen molar-refractivity contribution in [3.63, 3.8) is 0 Å². The van der Waals surface area contributed by atoms with E-state index in [2.05, 4.69) is 6.92 Å². The second-order valence-corrected chi connectivity index (χ2v) is 6.42. The summed E-state index contributed by atoms with van der Waals surface area (Å²) in [5, 5.41) is 0. The number of hydrogen-bond acceptors (Lipinski definition) is 4. The van der Waals surface area contributed by atoms with Gasteiger partial charge in [0, 0.05) is 25.7 Å². The fraction of sp³-hybridized carbons (Fsp3) is 0.938. The molecular weight excluding hydrogens is 268 g/mol. The molecule has 2 saturated heterocycles. The van der Waals surface area contributed by atoms with Gasteiger partial charge in [0.15, 0.2) is 0 Å². The van der Waals surface area contributed by atoms with Crippen molar-refractivity contribution in [1.82, 2.24) is 4.90 Å². The van der Waals surface area contributed by atoms with Gasteiger partial charge in [0.2, 0.25) is 0 Å². The van der Waals surface area contributed by atoms with Crippen LogP contribution in [0, 0.1) is 5.92 Å². The number of rotatable bonds is 5. The maximum Gasteiger partial charge on any atom is 0.251 e. The van der Waals surface area contributed by atoms with Crippen LogP contribution in [0.3, 0.4) is 0 Å². The summed E-state index contributed by atoms with van der Waals surface area (Å²) >= 11 is 0. The Morgan fingerprint density at radius 2 is 2.19 bits per heavy atom. The highest BCUT2D eigenvalue weighted by Gasteiger charge is 2.33. The summed E-state index contributed by atoms with van der Waals surface area (Å²) in [6, 6.07) is 0.156. The second kappa shape index (κ2) is 8.11. The summed E-state index contributed by atoms with van der Waals surface area (Å²) in [4.78, 5) is 14.5. The number of carbonyl (C=O) groups excluding carboxylic acids is 1. The van der Waals surface area contributed by atoms with Crippen molar-refractivity contribution < 1.29 is 14.3 Å². The molecule has 1 amide bonds. The fourth-order valence-corrected chi connectivity index (χ4v) is 3.38. The van der Waals surface area contributed by atoms with E-state index in [1.54, 1.807) is 0 Å². The van der Waals surface area contributed by atoms with Crippen molar-refractivity contribution >= 4 is 5.91 Å². The number of carbonyl (C=O) groups is 1. The van der Waals surface area contributed by atoms with Gasteiger partial charge in [-0.2, -0.15) is 0 Å². The molecule has 122 valence electrons. The van der Waals surface area contributed by atoms with Crippen LogP contribution in [0.1, 0.15) is 46.0 Å². The third-order valence-corrected chi connectivity index (χ3v) is 4.79. The van der Waals surface area contributed by atoms with E-state index in [4.69, 9.17) is 15.2 Å². The molecule has 0 radical (unpaired) electrons. The van der Waals surface area contributed by atoms with Gasteiger partial charge in [-0.3, -0.25) is 4.79 Å². The third-order valence-electron chi connectivity index (χ3n) is 4.79. The van der Waals surface area contributed by atoms with Crippen molar-refractivity contribution in [1.29, 1.82) is 0 Å². The van der Waals surface area contributed by atoms with Crippen molar-refractivity contribution in [2.75, 3.05) is 26.3 Å². The average molecular weight is 298 g/mol. The van der Waals surface area contributed by atoms with Crippen molar-refractivity contribution in [2.45, 2.75) is 64.2 Å². The van der Waals surface area contributed by atoms with Crippen LogP contribution in [-0.2, 0) is 14.3 Å². The molecule has 5 heteroatoms. The first-order valence-electron chi connectivity index (χ1n) is 8.37. The molecule has 2 fully saturated rings. The molecule has 0 unspecified atom stereocenters. The van der Waals surface area contributed by atoms with Gasteiger partial charge in [-0.15, -0.1) is 0 Å². The van der Waals surface area contributed by atoms with Gasteiger partial charge in [-0.05, 0) is 44.9 Å². The number of piperidine rings is 1. The average Bonchev–Trinajstić information content (AvgIpc) is 2.52. The monoisotopic (exact) mass is 298 g/mol. The summed E-state index contributed by atoms with van der Waals surface area (Å²) < 4.78 is 11.4. The highest BCUT2D eigenvalue weighted by molar-refractivity contribution is 5.81. The van der Waals surface area contributed by atoms with Crippen molar-refractivity contribution in [2.24, 2.45) is 11.7 Å². The lowest BCUT2D eigenvalue weighted by atomic mass is 9.90. The standard InChI is InChI=1S/C16H30N2O3/c1-12-6-5-8-18(15(12)10-17)16(19)13(2)21-11-14-7-3-4-9-20-14/h12-15H,3-11,17H2,1-2H3/t12-,13-,14-,15+/m0/s1. The van der Waals surface area contributed by atoms with Gasteiger partial charge < -0.3 is 20.1 Å². The number of hydrogen-bond donors (Lipinski definition) is 1. The predicted octanol–water partition coefficient (Wildman–Crippen LogP) is 1.55. The van der Waals surface area contributed by atoms with Gasteiger partial charge in [-0.1, -0.05) is 6.92 Å². The molecule has 21 heavy (non-hydrogen) atoms. The Hall–Kier alpha value is -0.650. The highest BCUT2D eigenvalue weighted by atomic mass is 16.5. The van der Waals surface area contributed by atoms with Crippen molar-refractivity contribution in [3.8, 4) is 0 Å². The molecule has 2 N–H and O–H groups in total. The molecule has 0 aromatic heterocycles. The van der Waals surface area contributed by atoms with Gasteiger partial charge in [0.05, 0.1) is 12.7 Å². The first-order valence-corrected chi connectivity index (χ1v) is 8.37. The van der Waals surface area contributed by atoms with E-state index in [0.29, 0.717) is 19.1 Å². The number of ether oxygens (including phenoxy) is 2. The molecule has 0 spiro atoms. The summed E-state index contributed by atoms with van der Waals surface area (Å²) in [5.41, 5.74) is 5.86. The molecule has 2 aliphatic heterocycles. The van der Waals surface area contributed by atoms with E-state index in [1.165, 1.54) is 6.42 Å². The zero-order valence-corrected chi connectivity index (χ0v) is 13.4. The molecule has 0 aromatic carbocycles. The van der Waals surface area contributed by atoms with E-state index >= 15 is 0 Å². The van der Waals surface area contributed by atoms with Gasteiger partial charge in [0.25, 0.3) is 5.91 Å². The highest BCUT2D eigenvalue weighted by Crippen LogP contribution is 2.23. The van der Waals surface area contributed by atoms with E-state index in [9.17, 15) is 4.79 Å². The number of nitrogens with zero attached hydrogens (tertiary/aromatic N) is 1. The van der Waals surface area contributed by atoms with Gasteiger partial charge in [0.1, 0.15) is 6.10 Å². The Balaban J connectivity index is 1.82. The lowest BCUT2D eigenvalue weighted by Gasteiger charge is -2.40. The summed E-state index contributed by atoms with van der Waals surface area (Å²) in [6.07, 6.45) is 5.31. The minimum Gasteiger partial charge on any atom is -0.376 e. The molecule has 0 aliphatic carbocycles. The van der Waals surface area contributed by atoms with Crippen LogP contribution in [0.5, 0.6) is 0 Å². The van der Waals surface area contributed by atoms with E-state index < -0.39 is 6.10 Å². The van der Waals surface area contributed by atoms with Gasteiger partial charge in [-0.25, -0.2) is 0 Å². The van der Waals surface area contributed by atoms with Crippen LogP contribution >= 0.6 is 0 Å². The number of likely N-dealkylation sites (tertiary alicyclic amines) is 1. The number of amides is 1. The van der Waals surface area contributed by atoms with Crippen LogP contribution in [-0.4, -0.2) is 55.4 Å². The van der Waals surface area contributed by atoms with Crippen LogP contribution < -0.4 is 5.73 Å². The van der Waals surface area contributed by atoms with Crippen LogP contribution in [0.4, 0.5) is 0 Å². The van der Waals surface area contributed by atoms with E-state index in [1.807, 2.05) is 11.8 Å². The molecule has 0 saturated carbocycles. The smallest absolute Gasteiger partial charge is 0.251 e. The largest absolute Gasteiger partial charge is 0.376 e. The molecule has 0 aromatic rings. The van der Waals surface area contributed by atoms with Gasteiger partial charge >= 0.3 is 0 Å². The summed E-state index contributed by atoms with van der Waals surface area (Å²) in [7, 11) is 0. The van der Waals surface area contributed by atoms with Crippen molar-refractivity contribution in [3.05, 3.63) is 0 Å². The molecule has 2 heterocycles. The van der Waals surface area contributed by atoms with E-state index in [0.717, 1.165) is 38.8 Å². The Bertz CT molecular complexity index is 331. The predicted molar refractivity (Wildman–Crippen MR) is 82.0 cm³/mol. The molecule has 0 bridgehead atoms. The quantitative estimate of drug-likeness (QED) is 0.836. The van der Waals surface area contributed by atoms with E-state index in [-0.39, 0.29) is 18.1 Å². The first kappa shape index (κ1) is 16.7. The number of nitrogens with two attached hydrogens (primary N) is 1. The first-order chi connectivity index (χ1) is 10.1. The maximum atomic E-state index is 12.6. The minimum absolute atomic E-state index is 0.0767. The zero-order valence-electron chi connectivity index (χ0n) is 13.4. The normalized spacial score (nSPS) is 32.0. The van der Waals surface area contributed by atoms with Crippen LogP contribution in [0.15, 0.2) is 0 Å². The Labute approximate surface area is 128 Å². The Kier molecular flexibility index (Phi) is 6.45. The lowest BCUT2D eigenvalue weighted by molar-refractivity contribution is -0.151. The second-order valence-electron chi connectivity index (χ2n) is 6.42. The van der Waals surface area contributed by atoms with Crippen LogP contribution in [0.2, 0.25) is 0 Å². The molecule has 2 aliphatic rings. The topological polar surface area (TPSA) is 64.8 Å². The SMILES string of the molecule is C[C@H](OC[C@@H]1CCCCO1)C(=O)N1CCC[C@H](C)[C@H]1CN. The molecular formula is C16H30N2O3. The Morgan fingerprint density at radius 1 is 1.38 bits per heavy atom. The summed E-state index contributed by atoms with van der Waals surface area (Å²) in [5.74, 6) is 0.550. The lowest BCUT2D eigenvalue weighted by Crippen LogP contribution is -2.54. The third kappa shape index (κ3) is 4.41.